The average molecular weight is 167 g/mol. The molecule has 0 amide bonds. The van der Waals surface area contributed by atoms with Crippen LogP contribution >= 0.6 is 0 Å². The summed E-state index contributed by atoms with van der Waals surface area (Å²) in [7, 11) is 0. The lowest BCUT2D eigenvalue weighted by atomic mass is 9.85. The highest BCUT2D eigenvalue weighted by molar-refractivity contribution is 5.10. The van der Waals surface area contributed by atoms with Crippen LogP contribution in [0.15, 0.2) is 0 Å². The van der Waals surface area contributed by atoms with Gasteiger partial charge in [-0.05, 0) is 19.3 Å². The predicted molar refractivity (Wildman–Crippen MR) is 54.7 cm³/mol. The van der Waals surface area contributed by atoms with E-state index in [0.29, 0.717) is 5.92 Å². The first-order chi connectivity index (χ1) is 5.54. The minimum absolute atomic E-state index is 0.423. The van der Waals surface area contributed by atoms with Gasteiger partial charge in [-0.2, -0.15) is 0 Å². The summed E-state index contributed by atoms with van der Waals surface area (Å²) < 4.78 is 0. The lowest BCUT2D eigenvalue weighted by molar-refractivity contribution is 0.364. The van der Waals surface area contributed by atoms with Crippen molar-refractivity contribution in [3.63, 3.8) is 0 Å². The molecule has 0 spiro atoms. The van der Waals surface area contributed by atoms with E-state index in [4.69, 9.17) is 12.2 Å². The quantitative estimate of drug-likeness (QED) is 0.494. The van der Waals surface area contributed by atoms with Crippen LogP contribution in [0.1, 0.15) is 46.5 Å². The first-order valence-electron chi connectivity index (χ1n) is 4.81. The van der Waals surface area contributed by atoms with Crippen LogP contribution in [0.25, 0.3) is 0 Å². The van der Waals surface area contributed by atoms with E-state index in [-0.39, 0.29) is 0 Å². The van der Waals surface area contributed by atoms with Crippen LogP contribution in [0.4, 0.5) is 0 Å². The summed E-state index contributed by atoms with van der Waals surface area (Å²) in [6.07, 6.45) is 10.3. The van der Waals surface area contributed by atoms with E-state index < -0.39 is 5.54 Å². The van der Waals surface area contributed by atoms with Crippen LogP contribution in [0, 0.1) is 18.3 Å². The Labute approximate surface area is 76.7 Å². The molecule has 2 unspecified atom stereocenters. The number of rotatable bonds is 5. The molecule has 0 rings (SSSR count). The summed E-state index contributed by atoms with van der Waals surface area (Å²) in [4.78, 5) is 0. The highest BCUT2D eigenvalue weighted by Crippen LogP contribution is 2.19. The minimum Gasteiger partial charge on any atom is -0.315 e. The fraction of sp³-hybridized carbons (Fsp3) is 0.818. The van der Waals surface area contributed by atoms with Gasteiger partial charge in [-0.3, -0.25) is 0 Å². The molecule has 1 heteroatoms. The summed E-state index contributed by atoms with van der Waals surface area (Å²) >= 11 is 0. The molecule has 70 valence electrons. The van der Waals surface area contributed by atoms with E-state index >= 15 is 0 Å². The SMILES string of the molecule is C#CC(C)(N)C(C)CCCCC. The molecule has 0 aromatic carbocycles. The van der Waals surface area contributed by atoms with Gasteiger partial charge >= 0.3 is 0 Å². The molecule has 2 N–H and O–H groups in total. The zero-order valence-electron chi connectivity index (χ0n) is 8.56. The molecular formula is C11H21N. The van der Waals surface area contributed by atoms with E-state index in [1.807, 2.05) is 6.92 Å². The number of hydrogen-bond acceptors (Lipinski definition) is 1. The molecule has 0 radical (unpaired) electrons. The van der Waals surface area contributed by atoms with Crippen LogP contribution in [0.3, 0.4) is 0 Å². The highest BCUT2D eigenvalue weighted by atomic mass is 14.7. The Morgan fingerprint density at radius 3 is 2.50 bits per heavy atom. The van der Waals surface area contributed by atoms with E-state index in [1.54, 1.807) is 0 Å². The average Bonchev–Trinajstić information content (AvgIpc) is 2.05. The summed E-state index contributed by atoms with van der Waals surface area (Å²) in [6, 6.07) is 0. The van der Waals surface area contributed by atoms with Gasteiger partial charge in [-0.25, -0.2) is 0 Å². The van der Waals surface area contributed by atoms with E-state index in [2.05, 4.69) is 19.8 Å². The maximum atomic E-state index is 5.91. The topological polar surface area (TPSA) is 26.0 Å². The number of unbranched alkanes of at least 4 members (excludes halogenated alkanes) is 2. The molecule has 0 heterocycles. The Morgan fingerprint density at radius 1 is 1.50 bits per heavy atom. The number of nitrogens with two attached hydrogens (primary N) is 1. The lowest BCUT2D eigenvalue weighted by Gasteiger charge is -2.25. The van der Waals surface area contributed by atoms with Crippen LogP contribution < -0.4 is 5.73 Å². The largest absolute Gasteiger partial charge is 0.315 e. The second-order valence-electron chi connectivity index (χ2n) is 3.82. The number of hydrogen-bond donors (Lipinski definition) is 1. The second-order valence-corrected chi connectivity index (χ2v) is 3.82. The van der Waals surface area contributed by atoms with Crippen molar-refractivity contribution in [1.29, 1.82) is 0 Å². The summed E-state index contributed by atoms with van der Waals surface area (Å²) in [5.41, 5.74) is 5.48. The van der Waals surface area contributed by atoms with Gasteiger partial charge in [0.25, 0.3) is 0 Å². The molecule has 0 aliphatic heterocycles. The number of terminal acetylenes is 1. The molecule has 2 atom stereocenters. The van der Waals surface area contributed by atoms with Crippen LogP contribution in [-0.4, -0.2) is 5.54 Å². The van der Waals surface area contributed by atoms with E-state index in [1.165, 1.54) is 19.3 Å². The Morgan fingerprint density at radius 2 is 2.08 bits per heavy atom. The van der Waals surface area contributed by atoms with Gasteiger partial charge in [0.15, 0.2) is 0 Å². The first-order valence-corrected chi connectivity index (χ1v) is 4.81. The third-order valence-corrected chi connectivity index (χ3v) is 2.58. The van der Waals surface area contributed by atoms with Crippen LogP contribution in [0.2, 0.25) is 0 Å². The normalized spacial score (nSPS) is 17.9. The smallest absolute Gasteiger partial charge is 0.0770 e. The fourth-order valence-electron chi connectivity index (χ4n) is 1.14. The first kappa shape index (κ1) is 11.5. The highest BCUT2D eigenvalue weighted by Gasteiger charge is 2.22. The zero-order valence-corrected chi connectivity index (χ0v) is 8.56. The van der Waals surface area contributed by atoms with E-state index in [9.17, 15) is 0 Å². The maximum absolute atomic E-state index is 5.91. The Balaban J connectivity index is 3.73. The second kappa shape index (κ2) is 5.22. The van der Waals surface area contributed by atoms with Crippen molar-refractivity contribution < 1.29 is 0 Å². The van der Waals surface area contributed by atoms with Gasteiger partial charge in [0, 0.05) is 0 Å². The molecule has 0 bridgehead atoms. The van der Waals surface area contributed by atoms with Crippen molar-refractivity contribution in [1.82, 2.24) is 0 Å². The fourth-order valence-corrected chi connectivity index (χ4v) is 1.14. The standard InChI is InChI=1S/C11H21N/c1-5-7-8-9-10(3)11(4,12)6-2/h2,10H,5,7-9,12H2,1,3-4H3. The van der Waals surface area contributed by atoms with Crippen molar-refractivity contribution in [2.75, 3.05) is 0 Å². The van der Waals surface area contributed by atoms with Crippen LogP contribution in [0.5, 0.6) is 0 Å². The third-order valence-electron chi connectivity index (χ3n) is 2.58. The Kier molecular flexibility index (Phi) is 5.01. The van der Waals surface area contributed by atoms with Gasteiger partial charge < -0.3 is 5.73 Å². The van der Waals surface area contributed by atoms with Gasteiger partial charge in [0.2, 0.25) is 0 Å². The third kappa shape index (κ3) is 3.78. The Hall–Kier alpha value is -0.480. The zero-order chi connectivity index (χ0) is 9.61. The van der Waals surface area contributed by atoms with Crippen molar-refractivity contribution in [3.8, 4) is 12.3 Å². The molecule has 12 heavy (non-hydrogen) atoms. The summed E-state index contributed by atoms with van der Waals surface area (Å²) in [5.74, 6) is 3.07. The van der Waals surface area contributed by atoms with Crippen molar-refractivity contribution in [2.24, 2.45) is 11.7 Å². The van der Waals surface area contributed by atoms with Crippen molar-refractivity contribution >= 4 is 0 Å². The van der Waals surface area contributed by atoms with Crippen molar-refractivity contribution in [3.05, 3.63) is 0 Å². The predicted octanol–water partition coefficient (Wildman–Crippen LogP) is 2.55. The molecule has 1 nitrogen and oxygen atoms in total. The molecular weight excluding hydrogens is 146 g/mol. The molecule has 0 aromatic heterocycles. The summed E-state index contributed by atoms with van der Waals surface area (Å²) in [5, 5.41) is 0. The molecule has 0 fully saturated rings. The summed E-state index contributed by atoms with van der Waals surface area (Å²) in [6.45, 7) is 6.27. The molecule has 0 aromatic rings. The molecule has 0 aliphatic carbocycles. The monoisotopic (exact) mass is 167 g/mol. The minimum atomic E-state index is -0.423. The maximum Gasteiger partial charge on any atom is 0.0770 e. The van der Waals surface area contributed by atoms with Gasteiger partial charge in [0.05, 0.1) is 5.54 Å². The molecule has 0 saturated heterocycles. The molecule has 0 aliphatic rings. The lowest BCUT2D eigenvalue weighted by Crippen LogP contribution is -2.41. The van der Waals surface area contributed by atoms with Gasteiger partial charge in [-0.15, -0.1) is 6.42 Å². The molecule has 0 saturated carbocycles. The van der Waals surface area contributed by atoms with Gasteiger partial charge in [0.1, 0.15) is 0 Å². The van der Waals surface area contributed by atoms with Crippen molar-refractivity contribution in [2.45, 2.75) is 52.0 Å². The van der Waals surface area contributed by atoms with Crippen LogP contribution in [-0.2, 0) is 0 Å². The van der Waals surface area contributed by atoms with Gasteiger partial charge in [-0.1, -0.05) is 39.0 Å². The Bertz CT molecular complexity index is 153. The van der Waals surface area contributed by atoms with E-state index in [0.717, 1.165) is 6.42 Å².